The van der Waals surface area contributed by atoms with Crippen LogP contribution in [-0.2, 0) is 10.0 Å². The van der Waals surface area contributed by atoms with Crippen molar-refractivity contribution in [3.05, 3.63) is 59.7 Å². The molecule has 2 rings (SSSR count). The topological polar surface area (TPSA) is 75.7 Å². The SMILES string of the molecule is CCN(c1ccc(C(=O)N[C@H](C)COc2ccc(C)cc2)cc1)S(=O)(=O)CC. The fraction of sp³-hybridized carbons (Fsp3) is 0.381. The van der Waals surface area contributed by atoms with Crippen LogP contribution in [0.3, 0.4) is 0 Å². The molecule has 1 N–H and O–H groups in total. The van der Waals surface area contributed by atoms with Gasteiger partial charge >= 0.3 is 0 Å². The minimum absolute atomic E-state index is 0.0293. The molecule has 0 saturated carbocycles. The van der Waals surface area contributed by atoms with E-state index in [-0.39, 0.29) is 17.7 Å². The highest BCUT2D eigenvalue weighted by molar-refractivity contribution is 7.92. The lowest BCUT2D eigenvalue weighted by molar-refractivity contribution is 0.0926. The molecule has 0 aliphatic rings. The van der Waals surface area contributed by atoms with E-state index in [2.05, 4.69) is 5.32 Å². The van der Waals surface area contributed by atoms with Crippen LogP contribution < -0.4 is 14.4 Å². The van der Waals surface area contributed by atoms with Crippen molar-refractivity contribution in [2.45, 2.75) is 33.7 Å². The Balaban J connectivity index is 1.95. The number of hydrogen-bond acceptors (Lipinski definition) is 4. The van der Waals surface area contributed by atoms with Crippen molar-refractivity contribution < 1.29 is 17.9 Å². The quantitative estimate of drug-likeness (QED) is 0.695. The van der Waals surface area contributed by atoms with Crippen LogP contribution in [0, 0.1) is 6.92 Å². The summed E-state index contributed by atoms with van der Waals surface area (Å²) in [7, 11) is -3.34. The molecular formula is C21H28N2O4S. The van der Waals surface area contributed by atoms with Crippen molar-refractivity contribution in [1.82, 2.24) is 5.32 Å². The van der Waals surface area contributed by atoms with E-state index < -0.39 is 10.0 Å². The van der Waals surface area contributed by atoms with Crippen LogP contribution in [0.1, 0.15) is 36.7 Å². The van der Waals surface area contributed by atoms with Crippen LogP contribution in [-0.4, -0.2) is 39.3 Å². The molecule has 0 bridgehead atoms. The lowest BCUT2D eigenvalue weighted by Crippen LogP contribution is -2.36. The molecule has 0 spiro atoms. The Kier molecular flexibility index (Phi) is 7.45. The number of aryl methyl sites for hydroxylation is 1. The Hall–Kier alpha value is -2.54. The summed E-state index contributed by atoms with van der Waals surface area (Å²) in [4.78, 5) is 12.4. The molecule has 0 saturated heterocycles. The number of anilines is 1. The third-order valence-electron chi connectivity index (χ3n) is 4.30. The number of sulfonamides is 1. The molecule has 0 radical (unpaired) electrons. The summed E-state index contributed by atoms with van der Waals surface area (Å²) in [6.45, 7) is 7.96. The zero-order chi connectivity index (χ0) is 20.7. The number of nitrogens with one attached hydrogen (secondary N) is 1. The van der Waals surface area contributed by atoms with Gasteiger partial charge in [0.25, 0.3) is 5.91 Å². The van der Waals surface area contributed by atoms with Gasteiger partial charge in [0.2, 0.25) is 10.0 Å². The molecule has 152 valence electrons. The molecule has 7 heteroatoms. The molecule has 0 fully saturated rings. The number of nitrogens with zero attached hydrogens (tertiary/aromatic N) is 1. The highest BCUT2D eigenvalue weighted by atomic mass is 32.2. The first-order valence-electron chi connectivity index (χ1n) is 9.37. The van der Waals surface area contributed by atoms with Gasteiger partial charge in [-0.1, -0.05) is 17.7 Å². The van der Waals surface area contributed by atoms with E-state index in [9.17, 15) is 13.2 Å². The molecule has 0 aromatic heterocycles. The molecular weight excluding hydrogens is 376 g/mol. The van der Waals surface area contributed by atoms with Crippen molar-refractivity contribution in [2.75, 3.05) is 23.2 Å². The van der Waals surface area contributed by atoms with Crippen LogP contribution in [0.4, 0.5) is 5.69 Å². The third kappa shape index (κ3) is 5.73. The van der Waals surface area contributed by atoms with E-state index in [1.54, 1.807) is 38.1 Å². The Morgan fingerprint density at radius 3 is 2.21 bits per heavy atom. The van der Waals surface area contributed by atoms with Crippen molar-refractivity contribution in [2.24, 2.45) is 0 Å². The standard InChI is InChI=1S/C21H28N2O4S/c1-5-23(28(25,26)6-2)19-11-9-18(10-12-19)21(24)22-17(4)15-27-20-13-7-16(3)8-14-20/h7-14,17H,5-6,15H2,1-4H3,(H,22,24)/t17-/m1/s1. The van der Waals surface area contributed by atoms with Crippen molar-refractivity contribution in [1.29, 1.82) is 0 Å². The second kappa shape index (κ2) is 9.59. The largest absolute Gasteiger partial charge is 0.491 e. The fourth-order valence-corrected chi connectivity index (χ4v) is 3.83. The summed E-state index contributed by atoms with van der Waals surface area (Å²) < 4.78 is 31.3. The number of ether oxygens (including phenoxy) is 1. The lowest BCUT2D eigenvalue weighted by atomic mass is 10.2. The van der Waals surface area contributed by atoms with Crippen molar-refractivity contribution in [3.63, 3.8) is 0 Å². The van der Waals surface area contributed by atoms with Crippen LogP contribution >= 0.6 is 0 Å². The summed E-state index contributed by atoms with van der Waals surface area (Å²) >= 11 is 0. The molecule has 0 aliphatic heterocycles. The van der Waals surface area contributed by atoms with Gasteiger partial charge in [-0.15, -0.1) is 0 Å². The summed E-state index contributed by atoms with van der Waals surface area (Å²) in [6, 6.07) is 14.1. The van der Waals surface area contributed by atoms with Gasteiger partial charge in [0, 0.05) is 12.1 Å². The summed E-state index contributed by atoms with van der Waals surface area (Å²) in [6.07, 6.45) is 0. The van der Waals surface area contributed by atoms with E-state index in [0.29, 0.717) is 24.4 Å². The van der Waals surface area contributed by atoms with Crippen molar-refractivity contribution >= 4 is 21.6 Å². The molecule has 2 aromatic carbocycles. The second-order valence-corrected chi connectivity index (χ2v) is 8.79. The highest BCUT2D eigenvalue weighted by Crippen LogP contribution is 2.19. The first kappa shape index (κ1) is 21.8. The van der Waals surface area contributed by atoms with E-state index >= 15 is 0 Å². The van der Waals surface area contributed by atoms with E-state index in [1.807, 2.05) is 38.1 Å². The van der Waals surface area contributed by atoms with Gasteiger partial charge in [-0.25, -0.2) is 8.42 Å². The van der Waals surface area contributed by atoms with Gasteiger partial charge < -0.3 is 10.1 Å². The monoisotopic (exact) mass is 404 g/mol. The normalized spacial score (nSPS) is 12.3. The number of amides is 1. The van der Waals surface area contributed by atoms with E-state index in [1.165, 1.54) is 4.31 Å². The average Bonchev–Trinajstić information content (AvgIpc) is 2.68. The first-order valence-corrected chi connectivity index (χ1v) is 11.0. The number of carbonyl (C=O) groups is 1. The maximum atomic E-state index is 12.4. The van der Waals surface area contributed by atoms with Gasteiger partial charge in [-0.05, 0) is 64.1 Å². The zero-order valence-electron chi connectivity index (χ0n) is 16.8. The number of hydrogen-bond donors (Lipinski definition) is 1. The molecule has 0 heterocycles. The van der Waals surface area contributed by atoms with Gasteiger partial charge in [0.15, 0.2) is 0 Å². The molecule has 2 aromatic rings. The molecule has 0 unspecified atom stereocenters. The molecule has 0 aliphatic carbocycles. The van der Waals surface area contributed by atoms with Crippen LogP contribution in [0.2, 0.25) is 0 Å². The Morgan fingerprint density at radius 2 is 1.68 bits per heavy atom. The van der Waals surface area contributed by atoms with Gasteiger partial charge in [-0.2, -0.15) is 0 Å². The first-order chi connectivity index (χ1) is 13.3. The van der Waals surface area contributed by atoms with Gasteiger partial charge in [-0.3, -0.25) is 9.10 Å². The smallest absolute Gasteiger partial charge is 0.251 e. The Bertz CT molecular complexity index is 878. The van der Waals surface area contributed by atoms with Gasteiger partial charge in [0.1, 0.15) is 12.4 Å². The van der Waals surface area contributed by atoms with Crippen LogP contribution in [0.25, 0.3) is 0 Å². The minimum Gasteiger partial charge on any atom is -0.491 e. The minimum atomic E-state index is -3.34. The molecule has 6 nitrogen and oxygen atoms in total. The van der Waals surface area contributed by atoms with Crippen LogP contribution in [0.5, 0.6) is 5.75 Å². The predicted octanol–water partition coefficient (Wildman–Crippen LogP) is 3.37. The fourth-order valence-electron chi connectivity index (χ4n) is 2.68. The third-order valence-corrected chi connectivity index (χ3v) is 6.17. The van der Waals surface area contributed by atoms with Crippen LogP contribution in [0.15, 0.2) is 48.5 Å². The summed E-state index contributed by atoms with van der Waals surface area (Å²) in [5.74, 6) is 0.558. The van der Waals surface area contributed by atoms with Gasteiger partial charge in [0.05, 0.1) is 17.5 Å². The predicted molar refractivity (Wildman–Crippen MR) is 113 cm³/mol. The average molecular weight is 405 g/mol. The Labute approximate surface area is 167 Å². The Morgan fingerprint density at radius 1 is 1.07 bits per heavy atom. The number of rotatable bonds is 9. The number of benzene rings is 2. The van der Waals surface area contributed by atoms with E-state index in [0.717, 1.165) is 11.3 Å². The lowest BCUT2D eigenvalue weighted by Gasteiger charge is -2.22. The molecule has 28 heavy (non-hydrogen) atoms. The number of carbonyl (C=O) groups excluding carboxylic acids is 1. The zero-order valence-corrected chi connectivity index (χ0v) is 17.6. The molecule has 1 amide bonds. The summed E-state index contributed by atoms with van der Waals surface area (Å²) in [5, 5.41) is 2.89. The highest BCUT2D eigenvalue weighted by Gasteiger charge is 2.19. The second-order valence-electron chi connectivity index (χ2n) is 6.61. The maximum Gasteiger partial charge on any atom is 0.251 e. The van der Waals surface area contributed by atoms with Crippen molar-refractivity contribution in [3.8, 4) is 5.75 Å². The van der Waals surface area contributed by atoms with E-state index in [4.69, 9.17) is 4.74 Å². The molecule has 1 atom stereocenters. The maximum absolute atomic E-state index is 12.4. The summed E-state index contributed by atoms with van der Waals surface area (Å²) in [5.41, 5.74) is 2.18.